The Bertz CT molecular complexity index is 211. The topological polar surface area (TPSA) is 24.5 Å². The maximum atomic E-state index is 12.3. The van der Waals surface area contributed by atoms with Gasteiger partial charge in [0.1, 0.15) is 0 Å². The summed E-state index contributed by atoms with van der Waals surface area (Å²) in [6.07, 6.45) is -4.12. The predicted molar refractivity (Wildman–Crippen MR) is 55.3 cm³/mol. The summed E-state index contributed by atoms with van der Waals surface area (Å²) < 4.78 is 42.0. The molecule has 0 spiro atoms. The molecule has 0 amide bonds. The average molecular weight is 240 g/mol. The zero-order chi connectivity index (χ0) is 12.2. The molecule has 0 bridgehead atoms. The first-order valence-corrected chi connectivity index (χ1v) is 5.50. The summed E-state index contributed by atoms with van der Waals surface area (Å²) >= 11 is 0. The van der Waals surface area contributed by atoms with Crippen LogP contribution in [-0.2, 0) is 4.74 Å². The molecule has 2 unspecified atom stereocenters. The third kappa shape index (κ3) is 4.27. The predicted octanol–water partition coefficient (Wildman–Crippen LogP) is 1.10. The number of likely N-dealkylation sites (N-methyl/N-ethyl adjacent to an activating group) is 1. The van der Waals surface area contributed by atoms with Gasteiger partial charge >= 0.3 is 6.18 Å². The highest BCUT2D eigenvalue weighted by Gasteiger charge is 2.34. The first-order chi connectivity index (χ1) is 7.46. The fourth-order valence-corrected chi connectivity index (χ4v) is 1.99. The van der Waals surface area contributed by atoms with E-state index in [0.29, 0.717) is 26.3 Å². The van der Waals surface area contributed by atoms with Crippen LogP contribution in [-0.4, -0.2) is 57.0 Å². The summed E-state index contributed by atoms with van der Waals surface area (Å²) in [5, 5.41) is 3.07. The Morgan fingerprint density at radius 2 is 2.06 bits per heavy atom. The van der Waals surface area contributed by atoms with Gasteiger partial charge in [-0.05, 0) is 13.6 Å². The van der Waals surface area contributed by atoms with Gasteiger partial charge < -0.3 is 10.1 Å². The number of rotatable bonds is 5. The Labute approximate surface area is 93.9 Å². The molecule has 0 aromatic rings. The molecule has 1 fully saturated rings. The van der Waals surface area contributed by atoms with Gasteiger partial charge in [-0.15, -0.1) is 0 Å². The van der Waals surface area contributed by atoms with Crippen LogP contribution >= 0.6 is 0 Å². The van der Waals surface area contributed by atoms with Gasteiger partial charge in [-0.1, -0.05) is 6.92 Å². The molecule has 1 aliphatic rings. The van der Waals surface area contributed by atoms with Crippen molar-refractivity contribution in [2.75, 3.05) is 39.9 Å². The summed E-state index contributed by atoms with van der Waals surface area (Å²) in [6, 6.07) is 0.169. The Hall–Kier alpha value is -0.330. The molecule has 1 saturated heterocycles. The Morgan fingerprint density at radius 1 is 1.38 bits per heavy atom. The lowest BCUT2D eigenvalue weighted by Crippen LogP contribution is -2.43. The van der Waals surface area contributed by atoms with Crippen molar-refractivity contribution in [1.82, 2.24) is 10.2 Å². The number of nitrogens with one attached hydrogen (secondary N) is 1. The van der Waals surface area contributed by atoms with E-state index in [1.165, 1.54) is 4.90 Å². The molecule has 1 heterocycles. The van der Waals surface area contributed by atoms with Crippen molar-refractivity contribution in [3.8, 4) is 0 Å². The van der Waals surface area contributed by atoms with Gasteiger partial charge in [0.05, 0.1) is 19.8 Å². The van der Waals surface area contributed by atoms with Crippen LogP contribution in [0.2, 0.25) is 0 Å². The van der Waals surface area contributed by atoms with E-state index >= 15 is 0 Å². The second kappa shape index (κ2) is 5.84. The van der Waals surface area contributed by atoms with E-state index in [9.17, 15) is 13.2 Å². The van der Waals surface area contributed by atoms with Gasteiger partial charge in [0.15, 0.2) is 0 Å². The fourth-order valence-electron chi connectivity index (χ4n) is 1.99. The minimum Gasteiger partial charge on any atom is -0.379 e. The molecular weight excluding hydrogens is 221 g/mol. The van der Waals surface area contributed by atoms with Gasteiger partial charge in [0, 0.05) is 18.5 Å². The van der Waals surface area contributed by atoms with Crippen molar-refractivity contribution in [3.63, 3.8) is 0 Å². The lowest BCUT2D eigenvalue weighted by atomic mass is 10.0. The van der Waals surface area contributed by atoms with Crippen molar-refractivity contribution in [2.24, 2.45) is 5.92 Å². The van der Waals surface area contributed by atoms with E-state index in [1.807, 2.05) is 7.05 Å². The van der Waals surface area contributed by atoms with Crippen LogP contribution in [0.5, 0.6) is 0 Å². The van der Waals surface area contributed by atoms with Crippen LogP contribution in [0, 0.1) is 5.92 Å². The maximum absolute atomic E-state index is 12.3. The molecule has 1 rings (SSSR count). The van der Waals surface area contributed by atoms with E-state index in [0.717, 1.165) is 0 Å². The Morgan fingerprint density at radius 3 is 2.56 bits per heavy atom. The van der Waals surface area contributed by atoms with Crippen molar-refractivity contribution in [2.45, 2.75) is 19.1 Å². The second-order valence-electron chi connectivity index (χ2n) is 4.14. The Kier molecular flexibility index (Phi) is 5.01. The molecule has 0 radical (unpaired) electrons. The van der Waals surface area contributed by atoms with E-state index in [1.54, 1.807) is 6.92 Å². The van der Waals surface area contributed by atoms with Crippen LogP contribution in [0.4, 0.5) is 13.2 Å². The van der Waals surface area contributed by atoms with E-state index < -0.39 is 12.7 Å². The van der Waals surface area contributed by atoms with Crippen molar-refractivity contribution < 1.29 is 17.9 Å². The van der Waals surface area contributed by atoms with Gasteiger partial charge in [0.25, 0.3) is 0 Å². The summed E-state index contributed by atoms with van der Waals surface area (Å²) in [5.41, 5.74) is 0. The molecule has 1 N–H and O–H groups in total. The number of hydrogen-bond acceptors (Lipinski definition) is 3. The summed E-state index contributed by atoms with van der Waals surface area (Å²) in [6.45, 7) is 2.88. The van der Waals surface area contributed by atoms with E-state index in [2.05, 4.69) is 5.32 Å². The smallest absolute Gasteiger partial charge is 0.379 e. The molecule has 96 valence electrons. The number of halogens is 3. The lowest BCUT2D eigenvalue weighted by Gasteiger charge is -2.27. The largest absolute Gasteiger partial charge is 0.401 e. The normalized spacial score (nSPS) is 26.6. The van der Waals surface area contributed by atoms with Crippen molar-refractivity contribution in [3.05, 3.63) is 0 Å². The molecule has 0 aromatic heterocycles. The standard InChI is InChI=1S/C10H19F3N2O/c1-3-15(7-10(11,12)13)4-8-5-16-6-9(8)14-2/h8-9,14H,3-7H2,1-2H3. The zero-order valence-electron chi connectivity index (χ0n) is 9.68. The average Bonchev–Trinajstić information content (AvgIpc) is 2.62. The highest BCUT2D eigenvalue weighted by molar-refractivity contribution is 4.82. The number of alkyl halides is 3. The summed E-state index contributed by atoms with van der Waals surface area (Å²) in [5.74, 6) is 0.146. The molecular formula is C10H19F3N2O. The Balaban J connectivity index is 2.43. The second-order valence-corrected chi connectivity index (χ2v) is 4.14. The van der Waals surface area contributed by atoms with Gasteiger partial charge in [-0.2, -0.15) is 13.2 Å². The first kappa shape index (κ1) is 13.7. The van der Waals surface area contributed by atoms with Crippen LogP contribution in [0.15, 0.2) is 0 Å². The third-order valence-electron chi connectivity index (χ3n) is 2.91. The summed E-state index contributed by atoms with van der Waals surface area (Å²) in [4.78, 5) is 1.42. The monoisotopic (exact) mass is 240 g/mol. The lowest BCUT2D eigenvalue weighted by molar-refractivity contribution is -0.146. The number of nitrogens with zero attached hydrogens (tertiary/aromatic N) is 1. The van der Waals surface area contributed by atoms with Crippen LogP contribution < -0.4 is 5.32 Å². The molecule has 3 nitrogen and oxygen atoms in total. The number of hydrogen-bond donors (Lipinski definition) is 1. The minimum atomic E-state index is -4.12. The molecule has 0 saturated carbocycles. The highest BCUT2D eigenvalue weighted by atomic mass is 19.4. The van der Waals surface area contributed by atoms with E-state index in [4.69, 9.17) is 4.74 Å². The van der Waals surface area contributed by atoms with Crippen molar-refractivity contribution in [1.29, 1.82) is 0 Å². The molecule has 0 aromatic carbocycles. The maximum Gasteiger partial charge on any atom is 0.401 e. The summed E-state index contributed by atoms with van der Waals surface area (Å²) in [7, 11) is 1.81. The van der Waals surface area contributed by atoms with Gasteiger partial charge in [-0.3, -0.25) is 4.90 Å². The minimum absolute atomic E-state index is 0.146. The van der Waals surface area contributed by atoms with Crippen LogP contribution in [0.25, 0.3) is 0 Å². The quantitative estimate of drug-likeness (QED) is 0.779. The van der Waals surface area contributed by atoms with E-state index in [-0.39, 0.29) is 12.0 Å². The molecule has 6 heteroatoms. The van der Waals surface area contributed by atoms with Gasteiger partial charge in [0.2, 0.25) is 0 Å². The van der Waals surface area contributed by atoms with Gasteiger partial charge in [-0.25, -0.2) is 0 Å². The number of ether oxygens (including phenoxy) is 1. The molecule has 1 aliphatic heterocycles. The third-order valence-corrected chi connectivity index (χ3v) is 2.91. The molecule has 0 aliphatic carbocycles. The molecule has 2 atom stereocenters. The van der Waals surface area contributed by atoms with Crippen LogP contribution in [0.1, 0.15) is 6.92 Å². The van der Waals surface area contributed by atoms with Crippen LogP contribution in [0.3, 0.4) is 0 Å². The zero-order valence-corrected chi connectivity index (χ0v) is 9.68. The highest BCUT2D eigenvalue weighted by Crippen LogP contribution is 2.20. The van der Waals surface area contributed by atoms with Crippen molar-refractivity contribution >= 4 is 0 Å². The fraction of sp³-hybridized carbons (Fsp3) is 1.00. The SMILES string of the molecule is CCN(CC1COCC1NC)CC(F)(F)F. The molecule has 16 heavy (non-hydrogen) atoms. The first-order valence-electron chi connectivity index (χ1n) is 5.50.